The van der Waals surface area contributed by atoms with Gasteiger partial charge in [0.2, 0.25) is 5.88 Å². The van der Waals surface area contributed by atoms with E-state index in [-0.39, 0.29) is 11.9 Å². The molecule has 2 aromatic rings. The number of hydrogen-bond acceptors (Lipinski definition) is 4. The van der Waals surface area contributed by atoms with E-state index in [0.717, 1.165) is 32.2 Å². The van der Waals surface area contributed by atoms with Crippen LogP contribution in [-0.2, 0) is 6.42 Å². The molecule has 1 unspecified atom stereocenters. The second kappa shape index (κ2) is 7.69. The molecule has 1 aromatic carbocycles. The zero-order chi connectivity index (χ0) is 18.8. The van der Waals surface area contributed by atoms with Gasteiger partial charge in [0.1, 0.15) is 6.61 Å². The molecule has 0 saturated heterocycles. The number of carbonyl (C=O) groups is 1. The van der Waals surface area contributed by atoms with Crippen molar-refractivity contribution in [3.63, 3.8) is 0 Å². The molecule has 1 fully saturated rings. The number of likely N-dealkylation sites (N-methyl/N-ethyl adjacent to an activating group) is 1. The van der Waals surface area contributed by atoms with E-state index in [1.54, 1.807) is 12.3 Å². The molecule has 5 heteroatoms. The summed E-state index contributed by atoms with van der Waals surface area (Å²) in [6, 6.07) is 12.7. The van der Waals surface area contributed by atoms with E-state index in [4.69, 9.17) is 4.74 Å². The summed E-state index contributed by atoms with van der Waals surface area (Å²) in [5, 5.41) is 0. The Morgan fingerprint density at radius 1 is 1.15 bits per heavy atom. The highest BCUT2D eigenvalue weighted by Gasteiger charge is 2.40. The average molecular weight is 365 g/mol. The number of carbonyl (C=O) groups excluding carboxylic acids is 1. The molecule has 2 aliphatic rings. The van der Waals surface area contributed by atoms with Crippen molar-refractivity contribution in [2.45, 2.75) is 37.8 Å². The Morgan fingerprint density at radius 2 is 1.96 bits per heavy atom. The van der Waals surface area contributed by atoms with Gasteiger partial charge in [-0.1, -0.05) is 24.3 Å². The minimum absolute atomic E-state index is 0.0894. The van der Waals surface area contributed by atoms with Gasteiger partial charge in [0.05, 0.1) is 11.6 Å². The van der Waals surface area contributed by atoms with Crippen LogP contribution >= 0.6 is 0 Å². The number of aryl methyl sites for hydroxylation is 1. The van der Waals surface area contributed by atoms with Crippen molar-refractivity contribution in [3.8, 4) is 5.88 Å². The minimum Gasteiger partial charge on any atom is -0.476 e. The maximum Gasteiger partial charge on any atom is 0.256 e. The van der Waals surface area contributed by atoms with Gasteiger partial charge in [-0.25, -0.2) is 4.98 Å². The van der Waals surface area contributed by atoms with Gasteiger partial charge >= 0.3 is 0 Å². The molecule has 1 heterocycles. The van der Waals surface area contributed by atoms with E-state index in [1.165, 1.54) is 11.1 Å². The Labute approximate surface area is 161 Å². The smallest absolute Gasteiger partial charge is 0.256 e. The van der Waals surface area contributed by atoms with Gasteiger partial charge in [0.15, 0.2) is 0 Å². The number of pyridine rings is 1. The minimum atomic E-state index is 0.0894. The summed E-state index contributed by atoms with van der Waals surface area (Å²) in [6.45, 7) is 1.42. The topological polar surface area (TPSA) is 45.7 Å². The Hall–Kier alpha value is -2.40. The van der Waals surface area contributed by atoms with Crippen molar-refractivity contribution >= 4 is 5.91 Å². The second-order valence-electron chi connectivity index (χ2n) is 7.73. The van der Waals surface area contributed by atoms with Crippen molar-refractivity contribution in [2.24, 2.45) is 0 Å². The van der Waals surface area contributed by atoms with Gasteiger partial charge in [0.25, 0.3) is 5.91 Å². The third-order valence-corrected chi connectivity index (χ3v) is 5.38. The van der Waals surface area contributed by atoms with Crippen molar-refractivity contribution in [3.05, 3.63) is 59.3 Å². The summed E-state index contributed by atoms with van der Waals surface area (Å²) in [7, 11) is 4.01. The molecule has 0 spiro atoms. The lowest BCUT2D eigenvalue weighted by Gasteiger charge is -2.30. The highest BCUT2D eigenvalue weighted by molar-refractivity contribution is 5.94. The number of aromatic nitrogens is 1. The fourth-order valence-corrected chi connectivity index (χ4v) is 3.81. The zero-order valence-corrected chi connectivity index (χ0v) is 16.1. The summed E-state index contributed by atoms with van der Waals surface area (Å²) in [4.78, 5) is 21.8. The molecular weight excluding hydrogens is 338 g/mol. The predicted octanol–water partition coefficient (Wildman–Crippen LogP) is 3.31. The second-order valence-corrected chi connectivity index (χ2v) is 7.73. The summed E-state index contributed by atoms with van der Waals surface area (Å²) < 4.78 is 5.64. The standard InChI is InChI=1S/C22H27N3O2/c1-24(2)13-14-27-21-12-8-17(15-23-21)22(26)25(18-9-10-18)20-11-7-16-5-3-4-6-19(16)20/h3-6,8,12,15,18,20H,7,9-11,13-14H2,1-2H3. The maximum absolute atomic E-state index is 13.3. The molecule has 0 bridgehead atoms. The first kappa shape index (κ1) is 18.0. The first-order valence-corrected chi connectivity index (χ1v) is 9.77. The first-order chi connectivity index (χ1) is 13.1. The van der Waals surface area contributed by atoms with Crippen LogP contribution in [0.2, 0.25) is 0 Å². The van der Waals surface area contributed by atoms with Gasteiger partial charge in [-0.2, -0.15) is 0 Å². The van der Waals surface area contributed by atoms with Crippen molar-refractivity contribution in [1.82, 2.24) is 14.8 Å². The lowest BCUT2D eigenvalue weighted by Crippen LogP contribution is -2.36. The van der Waals surface area contributed by atoms with Crippen LogP contribution in [0.15, 0.2) is 42.6 Å². The summed E-state index contributed by atoms with van der Waals surface area (Å²) in [5.41, 5.74) is 3.34. The number of amides is 1. The first-order valence-electron chi connectivity index (χ1n) is 9.77. The van der Waals surface area contributed by atoms with Crippen molar-refractivity contribution in [1.29, 1.82) is 0 Å². The number of nitrogens with zero attached hydrogens (tertiary/aromatic N) is 3. The Bertz CT molecular complexity index is 799. The molecule has 1 saturated carbocycles. The Kier molecular flexibility index (Phi) is 5.12. The molecule has 1 amide bonds. The largest absolute Gasteiger partial charge is 0.476 e. The van der Waals surface area contributed by atoms with Crippen LogP contribution < -0.4 is 4.74 Å². The van der Waals surface area contributed by atoms with E-state index in [2.05, 4.69) is 39.0 Å². The van der Waals surface area contributed by atoms with Gasteiger partial charge in [-0.3, -0.25) is 4.79 Å². The van der Waals surface area contributed by atoms with E-state index in [1.807, 2.05) is 20.2 Å². The molecule has 1 atom stereocenters. The fourth-order valence-electron chi connectivity index (χ4n) is 3.81. The third kappa shape index (κ3) is 3.98. The van der Waals surface area contributed by atoms with E-state index in [0.29, 0.717) is 24.1 Å². The van der Waals surface area contributed by atoms with E-state index >= 15 is 0 Å². The van der Waals surface area contributed by atoms with Crippen LogP contribution in [0.1, 0.15) is 46.8 Å². The molecule has 142 valence electrons. The van der Waals surface area contributed by atoms with E-state index in [9.17, 15) is 4.79 Å². The Morgan fingerprint density at radius 3 is 2.67 bits per heavy atom. The maximum atomic E-state index is 13.3. The van der Waals surface area contributed by atoms with Gasteiger partial charge in [-0.05, 0) is 57.0 Å². The number of hydrogen-bond donors (Lipinski definition) is 0. The molecule has 5 nitrogen and oxygen atoms in total. The van der Waals surface area contributed by atoms with Crippen LogP contribution in [0.5, 0.6) is 5.88 Å². The van der Waals surface area contributed by atoms with Gasteiger partial charge in [-0.15, -0.1) is 0 Å². The predicted molar refractivity (Wildman–Crippen MR) is 105 cm³/mol. The summed E-state index contributed by atoms with van der Waals surface area (Å²) in [5.74, 6) is 0.657. The quantitative estimate of drug-likeness (QED) is 0.755. The lowest BCUT2D eigenvalue weighted by molar-refractivity contribution is 0.0657. The normalized spacial score (nSPS) is 18.4. The number of ether oxygens (including phenoxy) is 1. The molecule has 27 heavy (non-hydrogen) atoms. The summed E-state index contributed by atoms with van der Waals surface area (Å²) >= 11 is 0. The van der Waals surface area contributed by atoms with Crippen LogP contribution in [0.3, 0.4) is 0 Å². The lowest BCUT2D eigenvalue weighted by atomic mass is 10.1. The van der Waals surface area contributed by atoms with Crippen LogP contribution in [-0.4, -0.2) is 54.0 Å². The molecule has 4 rings (SSSR count). The highest BCUT2D eigenvalue weighted by Crippen LogP contribution is 2.42. The van der Waals surface area contributed by atoms with Crippen molar-refractivity contribution < 1.29 is 9.53 Å². The molecule has 0 N–H and O–H groups in total. The summed E-state index contributed by atoms with van der Waals surface area (Å²) in [6.07, 6.45) is 5.92. The molecule has 0 radical (unpaired) electrons. The highest BCUT2D eigenvalue weighted by atomic mass is 16.5. The fraction of sp³-hybridized carbons (Fsp3) is 0.455. The third-order valence-electron chi connectivity index (χ3n) is 5.38. The van der Waals surface area contributed by atoms with Gasteiger partial charge in [0, 0.05) is 24.8 Å². The van der Waals surface area contributed by atoms with Crippen LogP contribution in [0.4, 0.5) is 0 Å². The van der Waals surface area contributed by atoms with Gasteiger partial charge < -0.3 is 14.5 Å². The number of fused-ring (bicyclic) bond motifs is 1. The SMILES string of the molecule is CN(C)CCOc1ccc(C(=O)N(C2CC2)C2CCc3ccccc32)cn1. The Balaban J connectivity index is 1.49. The zero-order valence-electron chi connectivity index (χ0n) is 16.1. The average Bonchev–Trinajstić information content (AvgIpc) is 3.42. The molecule has 0 aliphatic heterocycles. The number of rotatable bonds is 7. The molecule has 2 aliphatic carbocycles. The monoisotopic (exact) mass is 365 g/mol. The number of benzene rings is 1. The van der Waals surface area contributed by atoms with Crippen molar-refractivity contribution in [2.75, 3.05) is 27.2 Å². The van der Waals surface area contributed by atoms with Crippen LogP contribution in [0.25, 0.3) is 0 Å². The molecule has 1 aromatic heterocycles. The van der Waals surface area contributed by atoms with E-state index < -0.39 is 0 Å². The molecular formula is C22H27N3O2. The van der Waals surface area contributed by atoms with Crippen LogP contribution in [0, 0.1) is 0 Å².